The number of para-hydroxylation sites is 1. The fourth-order valence-corrected chi connectivity index (χ4v) is 3.05. The summed E-state index contributed by atoms with van der Waals surface area (Å²) in [5.41, 5.74) is 7.99. The Kier molecular flexibility index (Phi) is 4.67. The van der Waals surface area contributed by atoms with Crippen LogP contribution in [0.4, 0.5) is 11.4 Å². The molecule has 6 heteroatoms. The Morgan fingerprint density at radius 1 is 1.15 bits per heavy atom. The van der Waals surface area contributed by atoms with Crippen LogP contribution >= 0.6 is 0 Å². The van der Waals surface area contributed by atoms with Crippen LogP contribution in [-0.2, 0) is 18.3 Å². The Bertz CT molecular complexity index is 1030. The van der Waals surface area contributed by atoms with E-state index in [1.54, 1.807) is 39.4 Å². The molecule has 2 N–H and O–H groups in total. The Hall–Kier alpha value is -3.28. The predicted molar refractivity (Wildman–Crippen MR) is 104 cm³/mol. The van der Waals surface area contributed by atoms with Crippen LogP contribution in [0, 0.1) is 0 Å². The first-order valence-electron chi connectivity index (χ1n) is 8.21. The summed E-state index contributed by atoms with van der Waals surface area (Å²) in [5, 5.41) is 0.641. The molecule has 0 radical (unpaired) electrons. The van der Waals surface area contributed by atoms with Gasteiger partial charge in [-0.2, -0.15) is 0 Å². The molecule has 0 saturated carbocycles. The number of benzene rings is 2. The summed E-state index contributed by atoms with van der Waals surface area (Å²) in [7, 11) is 4.89. The van der Waals surface area contributed by atoms with Gasteiger partial charge in [0.1, 0.15) is 5.75 Å². The van der Waals surface area contributed by atoms with Crippen molar-refractivity contribution >= 4 is 28.2 Å². The minimum atomic E-state index is -0.280. The van der Waals surface area contributed by atoms with E-state index in [1.165, 1.54) is 9.47 Å². The minimum absolute atomic E-state index is 0.0854. The standard InChI is InChI=1S/C20H21N3O3/c1-22(13-8-5-4-6-9-13)17(24)12-14-19(21)18-15(23(2)20(14)25)10-7-11-16(18)26-3/h4-11H,12,21H2,1-3H3. The van der Waals surface area contributed by atoms with Crippen molar-refractivity contribution in [1.82, 2.24) is 4.57 Å². The van der Waals surface area contributed by atoms with Crippen LogP contribution < -0.4 is 20.9 Å². The molecule has 0 atom stereocenters. The van der Waals surface area contributed by atoms with E-state index in [0.29, 0.717) is 16.7 Å². The molecule has 6 nitrogen and oxygen atoms in total. The van der Waals surface area contributed by atoms with Gasteiger partial charge in [-0.3, -0.25) is 9.59 Å². The van der Waals surface area contributed by atoms with Gasteiger partial charge in [0.05, 0.1) is 35.7 Å². The number of nitrogen functional groups attached to an aromatic ring is 1. The first-order chi connectivity index (χ1) is 12.5. The number of pyridine rings is 1. The predicted octanol–water partition coefficient (Wildman–Crippen LogP) is 2.33. The third-order valence-corrected chi connectivity index (χ3v) is 4.59. The zero-order chi connectivity index (χ0) is 18.8. The lowest BCUT2D eigenvalue weighted by atomic mass is 10.0. The molecule has 0 aliphatic rings. The zero-order valence-corrected chi connectivity index (χ0v) is 15.0. The molecule has 0 bridgehead atoms. The number of hydrogen-bond donors (Lipinski definition) is 1. The van der Waals surface area contributed by atoms with Crippen LogP contribution in [-0.4, -0.2) is 24.6 Å². The van der Waals surface area contributed by atoms with Crippen LogP contribution in [0.3, 0.4) is 0 Å². The van der Waals surface area contributed by atoms with Crippen LogP contribution in [0.1, 0.15) is 5.56 Å². The Labute approximate surface area is 151 Å². The van der Waals surface area contributed by atoms with Crippen molar-refractivity contribution in [3.63, 3.8) is 0 Å². The molecule has 0 aliphatic carbocycles. The number of rotatable bonds is 4. The van der Waals surface area contributed by atoms with E-state index in [4.69, 9.17) is 10.5 Å². The quantitative estimate of drug-likeness (QED) is 0.783. The Balaban J connectivity index is 2.08. The number of fused-ring (bicyclic) bond motifs is 1. The minimum Gasteiger partial charge on any atom is -0.496 e. The van der Waals surface area contributed by atoms with Gasteiger partial charge in [-0.25, -0.2) is 0 Å². The third-order valence-electron chi connectivity index (χ3n) is 4.59. The number of hydrogen-bond acceptors (Lipinski definition) is 4. The van der Waals surface area contributed by atoms with E-state index in [2.05, 4.69) is 0 Å². The number of ether oxygens (including phenoxy) is 1. The first kappa shape index (κ1) is 17.5. The highest BCUT2D eigenvalue weighted by molar-refractivity contribution is 6.00. The van der Waals surface area contributed by atoms with E-state index < -0.39 is 0 Å². The van der Waals surface area contributed by atoms with Crippen molar-refractivity contribution in [3.8, 4) is 5.75 Å². The van der Waals surface area contributed by atoms with Gasteiger partial charge in [0.25, 0.3) is 5.56 Å². The molecule has 0 unspecified atom stereocenters. The number of anilines is 2. The van der Waals surface area contributed by atoms with Crippen molar-refractivity contribution < 1.29 is 9.53 Å². The Morgan fingerprint density at radius 2 is 1.85 bits per heavy atom. The number of carbonyl (C=O) groups is 1. The average Bonchev–Trinajstić information content (AvgIpc) is 2.68. The molecule has 0 spiro atoms. The lowest BCUT2D eigenvalue weighted by Gasteiger charge is -2.19. The number of amides is 1. The van der Waals surface area contributed by atoms with E-state index in [-0.39, 0.29) is 29.1 Å². The van der Waals surface area contributed by atoms with Crippen LogP contribution in [0.5, 0.6) is 5.75 Å². The second-order valence-electron chi connectivity index (χ2n) is 6.08. The average molecular weight is 351 g/mol. The van der Waals surface area contributed by atoms with Crippen molar-refractivity contribution in [2.45, 2.75) is 6.42 Å². The van der Waals surface area contributed by atoms with Gasteiger partial charge < -0.3 is 19.9 Å². The summed E-state index contributed by atoms with van der Waals surface area (Å²) < 4.78 is 6.89. The highest BCUT2D eigenvalue weighted by Crippen LogP contribution is 2.31. The van der Waals surface area contributed by atoms with E-state index in [9.17, 15) is 9.59 Å². The highest BCUT2D eigenvalue weighted by atomic mass is 16.5. The van der Waals surface area contributed by atoms with Crippen molar-refractivity contribution in [2.24, 2.45) is 7.05 Å². The molecule has 1 amide bonds. The maximum Gasteiger partial charge on any atom is 0.256 e. The fourth-order valence-electron chi connectivity index (χ4n) is 3.05. The van der Waals surface area contributed by atoms with E-state index in [1.807, 2.05) is 30.3 Å². The summed E-state index contributed by atoms with van der Waals surface area (Å²) in [6.07, 6.45) is -0.0854. The summed E-state index contributed by atoms with van der Waals surface area (Å²) in [6, 6.07) is 14.6. The molecule has 3 rings (SSSR count). The number of carbonyl (C=O) groups excluding carboxylic acids is 1. The second-order valence-corrected chi connectivity index (χ2v) is 6.08. The Morgan fingerprint density at radius 3 is 2.50 bits per heavy atom. The molecule has 3 aromatic rings. The number of aromatic nitrogens is 1. The largest absolute Gasteiger partial charge is 0.496 e. The molecule has 0 saturated heterocycles. The van der Waals surface area contributed by atoms with Crippen LogP contribution in [0.15, 0.2) is 53.3 Å². The fraction of sp³-hybridized carbons (Fsp3) is 0.200. The van der Waals surface area contributed by atoms with Gasteiger partial charge >= 0.3 is 0 Å². The molecule has 1 heterocycles. The van der Waals surface area contributed by atoms with Gasteiger partial charge in [0.15, 0.2) is 0 Å². The monoisotopic (exact) mass is 351 g/mol. The lowest BCUT2D eigenvalue weighted by Crippen LogP contribution is -2.32. The molecule has 0 fully saturated rings. The summed E-state index contributed by atoms with van der Waals surface area (Å²) in [4.78, 5) is 27.0. The van der Waals surface area contributed by atoms with Crippen molar-refractivity contribution in [3.05, 3.63) is 64.4 Å². The number of aryl methyl sites for hydroxylation is 1. The number of likely N-dealkylation sites (N-methyl/N-ethyl adjacent to an activating group) is 1. The molecular weight excluding hydrogens is 330 g/mol. The molecule has 0 aliphatic heterocycles. The first-order valence-corrected chi connectivity index (χ1v) is 8.21. The molecule has 134 valence electrons. The normalized spacial score (nSPS) is 10.7. The maximum atomic E-state index is 12.8. The van der Waals surface area contributed by atoms with E-state index in [0.717, 1.165) is 5.69 Å². The number of nitrogens with zero attached hydrogens (tertiary/aromatic N) is 2. The SMILES string of the molecule is COc1cccc2c1c(N)c(CC(=O)N(C)c1ccccc1)c(=O)n2C. The summed E-state index contributed by atoms with van der Waals surface area (Å²) in [5.74, 6) is 0.356. The number of nitrogens with two attached hydrogens (primary N) is 1. The second kappa shape index (κ2) is 6.92. The van der Waals surface area contributed by atoms with Crippen molar-refractivity contribution in [1.29, 1.82) is 0 Å². The van der Waals surface area contributed by atoms with Crippen LogP contribution in [0.2, 0.25) is 0 Å². The van der Waals surface area contributed by atoms with Gasteiger partial charge in [-0.1, -0.05) is 24.3 Å². The molecule has 26 heavy (non-hydrogen) atoms. The molecule has 1 aromatic heterocycles. The van der Waals surface area contributed by atoms with Crippen molar-refractivity contribution in [2.75, 3.05) is 24.8 Å². The zero-order valence-electron chi connectivity index (χ0n) is 15.0. The van der Waals surface area contributed by atoms with Crippen LogP contribution in [0.25, 0.3) is 10.9 Å². The molecule has 2 aromatic carbocycles. The maximum absolute atomic E-state index is 12.8. The third kappa shape index (κ3) is 2.90. The van der Waals surface area contributed by atoms with E-state index >= 15 is 0 Å². The summed E-state index contributed by atoms with van der Waals surface area (Å²) >= 11 is 0. The van der Waals surface area contributed by atoms with Gasteiger partial charge in [0.2, 0.25) is 5.91 Å². The van der Waals surface area contributed by atoms with Gasteiger partial charge in [-0.15, -0.1) is 0 Å². The van der Waals surface area contributed by atoms with Gasteiger partial charge in [0, 0.05) is 19.8 Å². The smallest absolute Gasteiger partial charge is 0.256 e. The highest BCUT2D eigenvalue weighted by Gasteiger charge is 2.20. The molecular formula is C20H21N3O3. The lowest BCUT2D eigenvalue weighted by molar-refractivity contribution is -0.117. The number of methoxy groups -OCH3 is 1. The van der Waals surface area contributed by atoms with Gasteiger partial charge in [-0.05, 0) is 24.3 Å². The topological polar surface area (TPSA) is 77.6 Å². The summed E-state index contributed by atoms with van der Waals surface area (Å²) in [6.45, 7) is 0.